The van der Waals surface area contributed by atoms with E-state index >= 15 is 0 Å². The zero-order chi connectivity index (χ0) is 12.4. The molecule has 1 saturated heterocycles. The summed E-state index contributed by atoms with van der Waals surface area (Å²) < 4.78 is 0. The van der Waals surface area contributed by atoms with Crippen molar-refractivity contribution >= 4 is 17.4 Å². The minimum absolute atomic E-state index is 0.304. The monoisotopic (exact) mass is 254 g/mol. The highest BCUT2D eigenvalue weighted by molar-refractivity contribution is 6.28. The summed E-state index contributed by atoms with van der Waals surface area (Å²) in [4.78, 5) is 10.6. The van der Waals surface area contributed by atoms with Gasteiger partial charge in [0.25, 0.3) is 0 Å². The number of nitrogens with zero attached hydrogens (tertiary/aromatic N) is 3. The molecule has 0 spiro atoms. The van der Waals surface area contributed by atoms with E-state index in [9.17, 15) is 0 Å². The minimum atomic E-state index is 0.304. The Kier molecular flexibility index (Phi) is 3.84. The van der Waals surface area contributed by atoms with E-state index in [-0.39, 0.29) is 0 Å². The average Bonchev–Trinajstić information content (AvgIpc) is 2.27. The standard InChI is InChI=1S/C12H19ClN4/c1-8-6-14-12(13)16-11(8)15-10-4-5-17(3)7-9(10)2/h6,9-10H,4-5,7H2,1-3H3,(H,14,15,16). The van der Waals surface area contributed by atoms with E-state index in [0.717, 1.165) is 30.9 Å². The summed E-state index contributed by atoms with van der Waals surface area (Å²) in [7, 11) is 2.17. The molecule has 1 aromatic heterocycles. The predicted octanol–water partition coefficient (Wildman–Crippen LogP) is 2.19. The Balaban J connectivity index is 2.07. The molecule has 0 radical (unpaired) electrons. The van der Waals surface area contributed by atoms with E-state index in [1.165, 1.54) is 0 Å². The second kappa shape index (κ2) is 5.19. The van der Waals surface area contributed by atoms with Gasteiger partial charge in [0.2, 0.25) is 5.28 Å². The third-order valence-electron chi connectivity index (χ3n) is 3.37. The van der Waals surface area contributed by atoms with Crippen molar-refractivity contribution in [2.24, 2.45) is 5.92 Å². The summed E-state index contributed by atoms with van der Waals surface area (Å²) in [5.41, 5.74) is 1.04. The molecule has 1 aliphatic heterocycles. The summed E-state index contributed by atoms with van der Waals surface area (Å²) in [5.74, 6) is 1.48. The molecule has 1 fully saturated rings. The number of likely N-dealkylation sites (tertiary alicyclic amines) is 1. The fourth-order valence-corrected chi connectivity index (χ4v) is 2.44. The first-order valence-electron chi connectivity index (χ1n) is 6.00. The van der Waals surface area contributed by atoms with E-state index in [0.29, 0.717) is 17.2 Å². The topological polar surface area (TPSA) is 41.1 Å². The Morgan fingerprint density at radius 3 is 3.00 bits per heavy atom. The van der Waals surface area contributed by atoms with Gasteiger partial charge in [-0.05, 0) is 44.5 Å². The number of nitrogens with one attached hydrogen (secondary N) is 1. The van der Waals surface area contributed by atoms with Crippen molar-refractivity contribution in [1.82, 2.24) is 14.9 Å². The largest absolute Gasteiger partial charge is 0.367 e. The molecule has 2 heterocycles. The fraction of sp³-hybridized carbons (Fsp3) is 0.667. The number of piperidine rings is 1. The van der Waals surface area contributed by atoms with E-state index in [1.807, 2.05) is 6.92 Å². The Hall–Kier alpha value is -0.870. The molecule has 2 rings (SSSR count). The second-order valence-electron chi connectivity index (χ2n) is 4.95. The lowest BCUT2D eigenvalue weighted by Gasteiger charge is -2.35. The van der Waals surface area contributed by atoms with Crippen LogP contribution >= 0.6 is 11.6 Å². The van der Waals surface area contributed by atoms with Gasteiger partial charge in [-0.3, -0.25) is 0 Å². The van der Waals surface area contributed by atoms with Gasteiger partial charge in [0.05, 0.1) is 0 Å². The van der Waals surface area contributed by atoms with Gasteiger partial charge in [-0.2, -0.15) is 0 Å². The van der Waals surface area contributed by atoms with Crippen LogP contribution in [0.2, 0.25) is 5.28 Å². The average molecular weight is 255 g/mol. The Morgan fingerprint density at radius 1 is 1.53 bits per heavy atom. The van der Waals surface area contributed by atoms with Crippen LogP contribution < -0.4 is 5.32 Å². The quantitative estimate of drug-likeness (QED) is 0.822. The molecule has 0 aromatic carbocycles. The Morgan fingerprint density at radius 2 is 2.29 bits per heavy atom. The molecular formula is C12H19ClN4. The van der Waals surface area contributed by atoms with Gasteiger partial charge >= 0.3 is 0 Å². The highest BCUT2D eigenvalue weighted by Gasteiger charge is 2.24. The molecule has 17 heavy (non-hydrogen) atoms. The molecule has 1 N–H and O–H groups in total. The first-order chi connectivity index (χ1) is 8.06. The van der Waals surface area contributed by atoms with Crippen molar-refractivity contribution in [3.8, 4) is 0 Å². The lowest BCUT2D eigenvalue weighted by atomic mass is 9.94. The van der Waals surface area contributed by atoms with Crippen LogP contribution in [0.1, 0.15) is 18.9 Å². The molecule has 1 aliphatic rings. The van der Waals surface area contributed by atoms with Crippen molar-refractivity contribution in [2.75, 3.05) is 25.5 Å². The first-order valence-corrected chi connectivity index (χ1v) is 6.38. The zero-order valence-electron chi connectivity index (χ0n) is 10.6. The summed E-state index contributed by atoms with van der Waals surface area (Å²) in [6, 6.07) is 0.468. The lowest BCUT2D eigenvalue weighted by Crippen LogP contribution is -2.43. The number of rotatable bonds is 2. The molecule has 2 unspecified atom stereocenters. The first kappa shape index (κ1) is 12.6. The summed E-state index contributed by atoms with van der Waals surface area (Å²) in [6.07, 6.45) is 2.90. The molecule has 5 heteroatoms. The summed E-state index contributed by atoms with van der Waals surface area (Å²) in [6.45, 7) is 6.51. The summed E-state index contributed by atoms with van der Waals surface area (Å²) in [5, 5.41) is 3.80. The number of hydrogen-bond donors (Lipinski definition) is 1. The lowest BCUT2D eigenvalue weighted by molar-refractivity contribution is 0.206. The molecule has 1 aromatic rings. The number of hydrogen-bond acceptors (Lipinski definition) is 4. The predicted molar refractivity (Wildman–Crippen MR) is 70.5 cm³/mol. The normalized spacial score (nSPS) is 25.9. The second-order valence-corrected chi connectivity index (χ2v) is 5.29. The third kappa shape index (κ3) is 3.07. The highest BCUT2D eigenvalue weighted by Crippen LogP contribution is 2.21. The van der Waals surface area contributed by atoms with Crippen LogP contribution in [0.5, 0.6) is 0 Å². The van der Waals surface area contributed by atoms with Gasteiger partial charge in [-0.15, -0.1) is 0 Å². The Bertz CT molecular complexity index is 396. The smallest absolute Gasteiger partial charge is 0.224 e. The molecule has 0 amide bonds. The van der Waals surface area contributed by atoms with Crippen LogP contribution in [-0.4, -0.2) is 41.0 Å². The van der Waals surface area contributed by atoms with Crippen LogP contribution in [0, 0.1) is 12.8 Å². The van der Waals surface area contributed by atoms with E-state index in [1.54, 1.807) is 6.20 Å². The van der Waals surface area contributed by atoms with Crippen molar-refractivity contribution in [2.45, 2.75) is 26.3 Å². The zero-order valence-corrected chi connectivity index (χ0v) is 11.3. The molecule has 4 nitrogen and oxygen atoms in total. The van der Waals surface area contributed by atoms with Crippen LogP contribution in [0.15, 0.2) is 6.20 Å². The molecule has 0 bridgehead atoms. The number of anilines is 1. The van der Waals surface area contributed by atoms with Gasteiger partial charge in [-0.25, -0.2) is 9.97 Å². The molecule has 0 aliphatic carbocycles. The van der Waals surface area contributed by atoms with Crippen molar-refractivity contribution in [1.29, 1.82) is 0 Å². The van der Waals surface area contributed by atoms with Crippen molar-refractivity contribution < 1.29 is 0 Å². The SMILES string of the molecule is Cc1cnc(Cl)nc1NC1CCN(C)CC1C. The van der Waals surface area contributed by atoms with Gasteiger partial charge in [0.15, 0.2) is 0 Å². The van der Waals surface area contributed by atoms with Gasteiger partial charge in [0.1, 0.15) is 5.82 Å². The van der Waals surface area contributed by atoms with Crippen molar-refractivity contribution in [3.05, 3.63) is 17.0 Å². The molecular weight excluding hydrogens is 236 g/mol. The maximum absolute atomic E-state index is 5.82. The van der Waals surface area contributed by atoms with Crippen molar-refractivity contribution in [3.63, 3.8) is 0 Å². The highest BCUT2D eigenvalue weighted by atomic mass is 35.5. The van der Waals surface area contributed by atoms with Gasteiger partial charge < -0.3 is 10.2 Å². The van der Waals surface area contributed by atoms with E-state index < -0.39 is 0 Å². The summed E-state index contributed by atoms with van der Waals surface area (Å²) >= 11 is 5.82. The van der Waals surface area contributed by atoms with E-state index in [2.05, 4.69) is 34.2 Å². The van der Waals surface area contributed by atoms with Crippen LogP contribution in [-0.2, 0) is 0 Å². The third-order valence-corrected chi connectivity index (χ3v) is 3.55. The van der Waals surface area contributed by atoms with Crippen LogP contribution in [0.25, 0.3) is 0 Å². The maximum Gasteiger partial charge on any atom is 0.224 e. The van der Waals surface area contributed by atoms with Crippen LogP contribution in [0.3, 0.4) is 0 Å². The molecule has 2 atom stereocenters. The van der Waals surface area contributed by atoms with Gasteiger partial charge in [0, 0.05) is 24.3 Å². The molecule has 94 valence electrons. The van der Waals surface area contributed by atoms with E-state index in [4.69, 9.17) is 11.6 Å². The molecule has 0 saturated carbocycles. The fourth-order valence-electron chi connectivity index (χ4n) is 2.31. The van der Waals surface area contributed by atoms with Gasteiger partial charge in [-0.1, -0.05) is 6.92 Å². The Labute approximate surface area is 107 Å². The number of aromatic nitrogens is 2. The minimum Gasteiger partial charge on any atom is -0.367 e. The number of aryl methyl sites for hydroxylation is 1. The van der Waals surface area contributed by atoms with Crippen LogP contribution in [0.4, 0.5) is 5.82 Å². The number of halogens is 1. The maximum atomic E-state index is 5.82.